The molecule has 0 aliphatic rings. The van der Waals surface area contributed by atoms with Crippen LogP contribution in [0.5, 0.6) is 11.5 Å². The van der Waals surface area contributed by atoms with Gasteiger partial charge in [0.15, 0.2) is 6.61 Å². The summed E-state index contributed by atoms with van der Waals surface area (Å²) < 4.78 is 11.2. The van der Waals surface area contributed by atoms with Gasteiger partial charge in [-0.2, -0.15) is 5.10 Å². The number of rotatable bonds is 8. The summed E-state index contributed by atoms with van der Waals surface area (Å²) in [5.41, 5.74) is 4.69. The van der Waals surface area contributed by atoms with E-state index < -0.39 is 11.9 Å². The van der Waals surface area contributed by atoms with E-state index in [1.165, 1.54) is 11.8 Å². The standard InChI is InChI=1S/C29H26N2O4/c1-20(2)21-12-15-24(16-13-21)34-19-28(32)31-30-18-26-25-11-7-6-8-22(25)14-17-27(26)35-29(33)23-9-4-3-5-10-23/h3-18,20H,19H2,1-2H3,(H,31,32). The number of ether oxygens (including phenoxy) is 2. The Balaban J connectivity index is 1.46. The molecule has 0 radical (unpaired) electrons. The van der Waals surface area contributed by atoms with Crippen LogP contribution in [0, 0.1) is 0 Å². The first-order valence-corrected chi connectivity index (χ1v) is 11.3. The summed E-state index contributed by atoms with van der Waals surface area (Å²) in [7, 11) is 0. The number of nitrogens with zero attached hydrogens (tertiary/aromatic N) is 1. The maximum Gasteiger partial charge on any atom is 0.343 e. The van der Waals surface area contributed by atoms with E-state index in [-0.39, 0.29) is 6.61 Å². The van der Waals surface area contributed by atoms with Crippen molar-refractivity contribution in [3.8, 4) is 11.5 Å². The van der Waals surface area contributed by atoms with E-state index in [1.54, 1.807) is 30.3 Å². The van der Waals surface area contributed by atoms with Gasteiger partial charge in [0.1, 0.15) is 11.5 Å². The van der Waals surface area contributed by atoms with Crippen LogP contribution < -0.4 is 14.9 Å². The minimum absolute atomic E-state index is 0.177. The lowest BCUT2D eigenvalue weighted by atomic mass is 10.0. The lowest BCUT2D eigenvalue weighted by Crippen LogP contribution is -2.24. The fraction of sp³-hybridized carbons (Fsp3) is 0.138. The second kappa shape index (κ2) is 11.1. The molecular formula is C29H26N2O4. The zero-order valence-electron chi connectivity index (χ0n) is 19.6. The van der Waals surface area contributed by atoms with Gasteiger partial charge in [0, 0.05) is 5.56 Å². The number of carbonyl (C=O) groups is 2. The third-order valence-corrected chi connectivity index (χ3v) is 5.44. The highest BCUT2D eigenvalue weighted by atomic mass is 16.5. The van der Waals surface area contributed by atoms with Crippen LogP contribution in [0.1, 0.15) is 41.3 Å². The van der Waals surface area contributed by atoms with Gasteiger partial charge in [-0.15, -0.1) is 0 Å². The van der Waals surface area contributed by atoms with Gasteiger partial charge in [0.05, 0.1) is 11.8 Å². The Morgan fingerprint density at radius 1 is 0.886 bits per heavy atom. The topological polar surface area (TPSA) is 77.0 Å². The van der Waals surface area contributed by atoms with E-state index in [9.17, 15) is 9.59 Å². The zero-order valence-corrected chi connectivity index (χ0v) is 19.6. The fourth-order valence-electron chi connectivity index (χ4n) is 3.53. The number of fused-ring (bicyclic) bond motifs is 1. The number of esters is 1. The summed E-state index contributed by atoms with van der Waals surface area (Å²) in [5, 5.41) is 5.88. The summed E-state index contributed by atoms with van der Waals surface area (Å²) in [6.07, 6.45) is 1.48. The third-order valence-electron chi connectivity index (χ3n) is 5.44. The summed E-state index contributed by atoms with van der Waals surface area (Å²) in [5.74, 6) is 0.496. The van der Waals surface area contributed by atoms with Gasteiger partial charge in [0.2, 0.25) is 0 Å². The largest absolute Gasteiger partial charge is 0.484 e. The van der Waals surface area contributed by atoms with Crippen LogP contribution in [0.3, 0.4) is 0 Å². The molecule has 35 heavy (non-hydrogen) atoms. The first-order valence-electron chi connectivity index (χ1n) is 11.3. The molecule has 0 saturated carbocycles. The molecule has 0 aliphatic heterocycles. The van der Waals surface area contributed by atoms with Crippen LogP contribution in [0.4, 0.5) is 0 Å². The molecule has 0 bridgehead atoms. The maximum absolute atomic E-state index is 12.6. The van der Waals surface area contributed by atoms with Gasteiger partial charge in [0.25, 0.3) is 5.91 Å². The number of hydrazone groups is 1. The smallest absolute Gasteiger partial charge is 0.343 e. The second-order valence-electron chi connectivity index (χ2n) is 8.26. The Bertz CT molecular complexity index is 1350. The van der Waals surface area contributed by atoms with Crippen molar-refractivity contribution < 1.29 is 19.1 Å². The molecule has 176 valence electrons. The van der Waals surface area contributed by atoms with Crippen molar-refractivity contribution in [2.75, 3.05) is 6.61 Å². The van der Waals surface area contributed by atoms with E-state index in [0.717, 1.165) is 10.8 Å². The third kappa shape index (κ3) is 6.12. The number of hydrogen-bond acceptors (Lipinski definition) is 5. The molecule has 4 aromatic rings. The quantitative estimate of drug-likeness (QED) is 0.156. The summed E-state index contributed by atoms with van der Waals surface area (Å²) in [4.78, 5) is 24.9. The first-order chi connectivity index (χ1) is 17.0. The molecule has 1 N–H and O–H groups in total. The second-order valence-corrected chi connectivity index (χ2v) is 8.26. The van der Waals surface area contributed by atoms with Crippen molar-refractivity contribution in [3.63, 3.8) is 0 Å². The molecule has 6 nitrogen and oxygen atoms in total. The van der Waals surface area contributed by atoms with Gasteiger partial charge in [-0.25, -0.2) is 10.2 Å². The van der Waals surface area contributed by atoms with E-state index >= 15 is 0 Å². The monoisotopic (exact) mass is 466 g/mol. The number of hydrogen-bond donors (Lipinski definition) is 1. The molecule has 0 spiro atoms. The normalized spacial score (nSPS) is 11.1. The molecule has 0 aromatic heterocycles. The van der Waals surface area contributed by atoms with Crippen molar-refractivity contribution in [1.82, 2.24) is 5.43 Å². The van der Waals surface area contributed by atoms with Gasteiger partial charge in [-0.3, -0.25) is 4.79 Å². The SMILES string of the molecule is CC(C)c1ccc(OCC(=O)NN=Cc2c(OC(=O)c3ccccc3)ccc3ccccc23)cc1. The lowest BCUT2D eigenvalue weighted by molar-refractivity contribution is -0.123. The summed E-state index contributed by atoms with van der Waals surface area (Å²) >= 11 is 0. The predicted molar refractivity (Wildman–Crippen MR) is 137 cm³/mol. The van der Waals surface area contributed by atoms with Crippen LogP contribution in [0.25, 0.3) is 10.8 Å². The van der Waals surface area contributed by atoms with Crippen LogP contribution in [0.2, 0.25) is 0 Å². The van der Waals surface area contributed by atoms with Gasteiger partial charge in [-0.05, 0) is 52.6 Å². The Morgan fingerprint density at radius 2 is 1.60 bits per heavy atom. The molecule has 4 aromatic carbocycles. The fourth-order valence-corrected chi connectivity index (χ4v) is 3.53. The van der Waals surface area contributed by atoms with E-state index in [2.05, 4.69) is 24.4 Å². The van der Waals surface area contributed by atoms with Crippen molar-refractivity contribution in [2.24, 2.45) is 5.10 Å². The molecule has 1 amide bonds. The average molecular weight is 467 g/mol. The van der Waals surface area contributed by atoms with E-state index in [4.69, 9.17) is 9.47 Å². The summed E-state index contributed by atoms with van der Waals surface area (Å²) in [6, 6.07) is 27.7. The Labute approximate surface area is 204 Å². The van der Waals surface area contributed by atoms with Crippen LogP contribution in [-0.2, 0) is 4.79 Å². The van der Waals surface area contributed by atoms with Crippen molar-refractivity contribution in [1.29, 1.82) is 0 Å². The molecule has 0 aliphatic carbocycles. The highest BCUT2D eigenvalue weighted by Gasteiger charge is 2.13. The van der Waals surface area contributed by atoms with Crippen molar-refractivity contribution in [3.05, 3.63) is 108 Å². The molecule has 4 rings (SSSR count). The molecule has 0 unspecified atom stereocenters. The Kier molecular flexibility index (Phi) is 7.53. The molecule has 0 fully saturated rings. The van der Waals surface area contributed by atoms with E-state index in [0.29, 0.717) is 28.5 Å². The predicted octanol–water partition coefficient (Wildman–Crippen LogP) is 5.71. The first kappa shape index (κ1) is 23.7. The van der Waals surface area contributed by atoms with Gasteiger partial charge >= 0.3 is 5.97 Å². The molecule has 0 heterocycles. The minimum atomic E-state index is -0.476. The Morgan fingerprint density at radius 3 is 2.34 bits per heavy atom. The molecule has 6 heteroatoms. The molecule has 0 atom stereocenters. The minimum Gasteiger partial charge on any atom is -0.484 e. The van der Waals surface area contributed by atoms with Crippen LogP contribution in [-0.4, -0.2) is 24.7 Å². The Hall–Kier alpha value is -4.45. The van der Waals surface area contributed by atoms with Gasteiger partial charge < -0.3 is 9.47 Å². The highest BCUT2D eigenvalue weighted by Crippen LogP contribution is 2.27. The average Bonchev–Trinajstić information content (AvgIpc) is 2.89. The number of nitrogens with one attached hydrogen (secondary N) is 1. The zero-order chi connectivity index (χ0) is 24.6. The number of benzene rings is 4. The number of carbonyl (C=O) groups excluding carboxylic acids is 2. The maximum atomic E-state index is 12.6. The van der Waals surface area contributed by atoms with Gasteiger partial charge in [-0.1, -0.05) is 74.5 Å². The van der Waals surface area contributed by atoms with Crippen LogP contribution >= 0.6 is 0 Å². The number of amides is 1. The molecule has 0 saturated heterocycles. The van der Waals surface area contributed by atoms with Crippen LogP contribution in [0.15, 0.2) is 96.1 Å². The lowest BCUT2D eigenvalue weighted by Gasteiger charge is -2.11. The highest BCUT2D eigenvalue weighted by molar-refractivity contribution is 6.04. The summed E-state index contributed by atoms with van der Waals surface area (Å²) in [6.45, 7) is 4.06. The van der Waals surface area contributed by atoms with Crippen molar-refractivity contribution in [2.45, 2.75) is 19.8 Å². The van der Waals surface area contributed by atoms with Crippen molar-refractivity contribution >= 4 is 28.9 Å². The molecular weight excluding hydrogens is 440 g/mol. The van der Waals surface area contributed by atoms with E-state index in [1.807, 2.05) is 60.7 Å².